The predicted molar refractivity (Wildman–Crippen MR) is 109 cm³/mol. The lowest BCUT2D eigenvalue weighted by molar-refractivity contribution is 0.0629. The molecule has 1 aromatic carbocycles. The Morgan fingerprint density at radius 3 is 2.75 bits per heavy atom. The molecule has 6 heteroatoms. The lowest BCUT2D eigenvalue weighted by Gasteiger charge is -2.34. The summed E-state index contributed by atoms with van der Waals surface area (Å²) in [4.78, 5) is 17.4. The first-order valence-corrected chi connectivity index (χ1v) is 10.5. The number of nitrogens with zero attached hydrogens (tertiary/aromatic N) is 3. The average Bonchev–Trinajstić information content (AvgIpc) is 3.18. The van der Waals surface area contributed by atoms with Gasteiger partial charge in [-0.1, -0.05) is 18.2 Å². The maximum atomic E-state index is 12.9. The lowest BCUT2D eigenvalue weighted by Crippen LogP contribution is -2.49. The molecule has 4 rings (SSSR count). The number of aryl methyl sites for hydroxylation is 2. The Morgan fingerprint density at radius 2 is 1.93 bits per heavy atom. The van der Waals surface area contributed by atoms with E-state index in [2.05, 4.69) is 27.2 Å². The Morgan fingerprint density at radius 1 is 1.14 bits per heavy atom. The molecule has 2 aromatic rings. The zero-order valence-electron chi connectivity index (χ0n) is 16.7. The zero-order chi connectivity index (χ0) is 19.3. The standard InChI is InChI=1S/C22H30N4O2/c1-28-20-11-5-2-7-17(20)8-6-12-25-13-15-26(16-14-25)22(27)21-18-9-3-4-10-19(18)23-24-21/h2,5,7,11H,3-4,6,8-10,12-16H2,1H3,(H,23,24). The number of aromatic nitrogens is 2. The molecule has 2 heterocycles. The van der Waals surface area contributed by atoms with Crippen molar-refractivity contribution in [3.63, 3.8) is 0 Å². The van der Waals surface area contributed by atoms with Crippen LogP contribution in [0.4, 0.5) is 0 Å². The summed E-state index contributed by atoms with van der Waals surface area (Å²) in [5, 5.41) is 7.44. The number of nitrogens with one attached hydrogen (secondary N) is 1. The van der Waals surface area contributed by atoms with Gasteiger partial charge in [-0.2, -0.15) is 5.10 Å². The van der Waals surface area contributed by atoms with Crippen LogP contribution in [-0.2, 0) is 19.3 Å². The van der Waals surface area contributed by atoms with Crippen molar-refractivity contribution in [1.82, 2.24) is 20.0 Å². The number of amides is 1. The van der Waals surface area contributed by atoms with Gasteiger partial charge < -0.3 is 9.64 Å². The topological polar surface area (TPSA) is 61.5 Å². The van der Waals surface area contributed by atoms with Crippen LogP contribution in [0.25, 0.3) is 0 Å². The predicted octanol–water partition coefficient (Wildman–Crippen LogP) is 2.69. The quantitative estimate of drug-likeness (QED) is 0.834. The molecule has 0 unspecified atom stereocenters. The molecule has 1 fully saturated rings. The second-order valence-electron chi connectivity index (χ2n) is 7.79. The van der Waals surface area contributed by atoms with Crippen LogP contribution in [0.15, 0.2) is 24.3 Å². The van der Waals surface area contributed by atoms with Crippen molar-refractivity contribution >= 4 is 5.91 Å². The largest absolute Gasteiger partial charge is 0.496 e. The van der Waals surface area contributed by atoms with Crippen molar-refractivity contribution in [2.75, 3.05) is 39.8 Å². The highest BCUT2D eigenvalue weighted by Crippen LogP contribution is 2.23. The van der Waals surface area contributed by atoms with E-state index >= 15 is 0 Å². The number of para-hydroxylation sites is 1. The highest BCUT2D eigenvalue weighted by molar-refractivity contribution is 5.94. The van der Waals surface area contributed by atoms with E-state index in [4.69, 9.17) is 4.74 Å². The molecule has 0 spiro atoms. The van der Waals surface area contributed by atoms with E-state index in [1.807, 2.05) is 17.0 Å². The van der Waals surface area contributed by atoms with Crippen LogP contribution < -0.4 is 4.74 Å². The Bertz CT molecular complexity index is 809. The summed E-state index contributed by atoms with van der Waals surface area (Å²) in [5.74, 6) is 1.08. The van der Waals surface area contributed by atoms with Crippen LogP contribution in [0.1, 0.15) is 46.6 Å². The third-order valence-corrected chi connectivity index (χ3v) is 6.03. The van der Waals surface area contributed by atoms with Gasteiger partial charge in [0.15, 0.2) is 5.69 Å². The lowest BCUT2D eigenvalue weighted by atomic mass is 9.95. The van der Waals surface area contributed by atoms with E-state index in [-0.39, 0.29) is 5.91 Å². The number of piperazine rings is 1. The number of hydrogen-bond donors (Lipinski definition) is 1. The molecule has 0 bridgehead atoms. The van der Waals surface area contributed by atoms with E-state index in [9.17, 15) is 4.79 Å². The minimum Gasteiger partial charge on any atom is -0.496 e. The molecule has 1 aliphatic carbocycles. The van der Waals surface area contributed by atoms with Crippen molar-refractivity contribution in [3.05, 3.63) is 46.8 Å². The fourth-order valence-electron chi connectivity index (χ4n) is 4.38. The van der Waals surface area contributed by atoms with Crippen molar-refractivity contribution in [3.8, 4) is 5.75 Å². The van der Waals surface area contributed by atoms with E-state index in [1.54, 1.807) is 7.11 Å². The minimum absolute atomic E-state index is 0.105. The summed E-state index contributed by atoms with van der Waals surface area (Å²) < 4.78 is 5.44. The second kappa shape index (κ2) is 8.78. The highest BCUT2D eigenvalue weighted by Gasteiger charge is 2.27. The SMILES string of the molecule is COc1ccccc1CCCN1CCN(C(=O)c2n[nH]c3c2CCCC3)CC1. The van der Waals surface area contributed by atoms with Crippen LogP contribution in [0.2, 0.25) is 0 Å². The number of carbonyl (C=O) groups excluding carboxylic acids is 1. The number of aromatic amines is 1. The summed E-state index contributed by atoms with van der Waals surface area (Å²) in [7, 11) is 1.73. The van der Waals surface area contributed by atoms with Crippen molar-refractivity contribution in [1.29, 1.82) is 0 Å². The van der Waals surface area contributed by atoms with Gasteiger partial charge in [0.1, 0.15) is 5.75 Å². The third-order valence-electron chi connectivity index (χ3n) is 6.03. The number of carbonyl (C=O) groups is 1. The van der Waals surface area contributed by atoms with Gasteiger partial charge >= 0.3 is 0 Å². The van der Waals surface area contributed by atoms with Crippen molar-refractivity contribution in [2.24, 2.45) is 0 Å². The Labute approximate surface area is 166 Å². The minimum atomic E-state index is 0.105. The summed E-state index contributed by atoms with van der Waals surface area (Å²) in [6.45, 7) is 4.50. The average molecular weight is 383 g/mol. The van der Waals surface area contributed by atoms with Crippen LogP contribution >= 0.6 is 0 Å². The molecule has 0 radical (unpaired) electrons. The molecule has 150 valence electrons. The monoisotopic (exact) mass is 382 g/mol. The number of fused-ring (bicyclic) bond motifs is 1. The highest BCUT2D eigenvalue weighted by atomic mass is 16.5. The van der Waals surface area contributed by atoms with Gasteiger partial charge in [-0.3, -0.25) is 14.8 Å². The molecule has 1 aromatic heterocycles. The molecule has 1 N–H and O–H groups in total. The first-order chi connectivity index (χ1) is 13.8. The number of rotatable bonds is 6. The van der Waals surface area contributed by atoms with Gasteiger partial charge in [0.05, 0.1) is 7.11 Å². The summed E-state index contributed by atoms with van der Waals surface area (Å²) in [6, 6.07) is 8.23. The van der Waals surface area contributed by atoms with E-state index < -0.39 is 0 Å². The maximum absolute atomic E-state index is 12.9. The van der Waals surface area contributed by atoms with Crippen LogP contribution in [-0.4, -0.2) is 65.7 Å². The van der Waals surface area contributed by atoms with Crippen LogP contribution in [0, 0.1) is 0 Å². The second-order valence-corrected chi connectivity index (χ2v) is 7.79. The van der Waals surface area contributed by atoms with Crippen LogP contribution in [0.3, 0.4) is 0 Å². The van der Waals surface area contributed by atoms with Gasteiger partial charge in [-0.25, -0.2) is 0 Å². The van der Waals surface area contributed by atoms with Gasteiger partial charge in [0.25, 0.3) is 5.91 Å². The molecular weight excluding hydrogens is 352 g/mol. The molecule has 6 nitrogen and oxygen atoms in total. The van der Waals surface area contributed by atoms with E-state index in [0.717, 1.165) is 76.1 Å². The third kappa shape index (κ3) is 4.07. The van der Waals surface area contributed by atoms with E-state index in [0.29, 0.717) is 5.69 Å². The van der Waals surface area contributed by atoms with Gasteiger partial charge in [-0.15, -0.1) is 0 Å². The number of ether oxygens (including phenoxy) is 1. The first kappa shape index (κ1) is 19.0. The van der Waals surface area contributed by atoms with Crippen molar-refractivity contribution in [2.45, 2.75) is 38.5 Å². The molecule has 1 aliphatic heterocycles. The fourth-order valence-corrected chi connectivity index (χ4v) is 4.38. The smallest absolute Gasteiger partial charge is 0.274 e. The number of H-pyrrole nitrogens is 1. The summed E-state index contributed by atoms with van der Waals surface area (Å²) >= 11 is 0. The molecule has 0 atom stereocenters. The molecule has 0 saturated carbocycles. The van der Waals surface area contributed by atoms with Crippen LogP contribution in [0.5, 0.6) is 5.75 Å². The molecule has 1 amide bonds. The molecule has 2 aliphatic rings. The number of hydrogen-bond acceptors (Lipinski definition) is 4. The molecule has 28 heavy (non-hydrogen) atoms. The number of benzene rings is 1. The Balaban J connectivity index is 1.25. The van der Waals surface area contributed by atoms with Crippen molar-refractivity contribution < 1.29 is 9.53 Å². The normalized spacial score (nSPS) is 17.4. The first-order valence-electron chi connectivity index (χ1n) is 10.5. The Hall–Kier alpha value is -2.34. The number of methoxy groups -OCH3 is 1. The zero-order valence-corrected chi connectivity index (χ0v) is 16.7. The Kier molecular flexibility index (Phi) is 5.95. The summed E-state index contributed by atoms with van der Waals surface area (Å²) in [6.07, 6.45) is 6.47. The maximum Gasteiger partial charge on any atom is 0.274 e. The summed E-state index contributed by atoms with van der Waals surface area (Å²) in [5.41, 5.74) is 4.27. The van der Waals surface area contributed by atoms with Gasteiger partial charge in [-0.05, 0) is 56.7 Å². The van der Waals surface area contributed by atoms with Gasteiger partial charge in [0, 0.05) is 37.4 Å². The fraction of sp³-hybridized carbons (Fsp3) is 0.545. The van der Waals surface area contributed by atoms with Gasteiger partial charge in [0.2, 0.25) is 0 Å². The molecular formula is C22H30N4O2. The molecule has 1 saturated heterocycles. The van der Waals surface area contributed by atoms with E-state index in [1.165, 1.54) is 17.7 Å².